The molecule has 46 heavy (non-hydrogen) atoms. The second-order valence-electron chi connectivity index (χ2n) is 11.4. The van der Waals surface area contributed by atoms with Gasteiger partial charge in [0.05, 0.1) is 11.1 Å². The summed E-state index contributed by atoms with van der Waals surface area (Å²) in [6, 6.07) is 58.8. The Kier molecular flexibility index (Phi) is 6.10. The van der Waals surface area contributed by atoms with E-state index in [0.717, 1.165) is 78.0 Å². The number of hydrogen-bond acceptors (Lipinski definition) is 4. The molecule has 4 heteroatoms. The number of para-hydroxylation sites is 4. The molecule has 0 spiro atoms. The van der Waals surface area contributed by atoms with Gasteiger partial charge in [-0.3, -0.25) is 0 Å². The van der Waals surface area contributed by atoms with Crippen molar-refractivity contribution < 1.29 is 8.83 Å². The van der Waals surface area contributed by atoms with E-state index in [1.807, 2.05) is 36.4 Å². The van der Waals surface area contributed by atoms with E-state index in [0.29, 0.717) is 0 Å². The van der Waals surface area contributed by atoms with E-state index in [9.17, 15) is 0 Å². The molecule has 0 amide bonds. The highest BCUT2D eigenvalue weighted by Crippen LogP contribution is 2.45. The summed E-state index contributed by atoms with van der Waals surface area (Å²) in [6.07, 6.45) is 0. The molecule has 9 rings (SSSR count). The molecule has 0 bridgehead atoms. The summed E-state index contributed by atoms with van der Waals surface area (Å²) in [5, 5.41) is 4.36. The van der Waals surface area contributed by atoms with Crippen LogP contribution in [0.3, 0.4) is 0 Å². The van der Waals surface area contributed by atoms with Crippen LogP contribution >= 0.6 is 0 Å². The molecule has 218 valence electrons. The predicted octanol–water partition coefficient (Wildman–Crippen LogP) is 12.4. The molecular weight excluding hydrogens is 564 g/mol. The molecule has 0 radical (unpaired) electrons. The van der Waals surface area contributed by atoms with Gasteiger partial charge in [0.15, 0.2) is 0 Å². The lowest BCUT2D eigenvalue weighted by Gasteiger charge is -2.26. The summed E-state index contributed by atoms with van der Waals surface area (Å²) in [4.78, 5) is 4.55. The summed E-state index contributed by atoms with van der Waals surface area (Å²) in [7, 11) is 0. The van der Waals surface area contributed by atoms with Crippen molar-refractivity contribution in [2.75, 3.05) is 9.80 Å². The third-order valence-electron chi connectivity index (χ3n) is 8.62. The maximum Gasteiger partial charge on any atom is 0.137 e. The van der Waals surface area contributed by atoms with E-state index in [4.69, 9.17) is 8.83 Å². The molecule has 0 N–H and O–H groups in total. The highest BCUT2D eigenvalue weighted by Gasteiger charge is 2.21. The minimum absolute atomic E-state index is 0.826. The Labute approximate surface area is 265 Å². The van der Waals surface area contributed by atoms with E-state index in [2.05, 4.69) is 143 Å². The van der Waals surface area contributed by atoms with Crippen molar-refractivity contribution in [3.63, 3.8) is 0 Å². The van der Waals surface area contributed by atoms with Crippen LogP contribution in [0.1, 0.15) is 0 Å². The molecule has 0 aliphatic carbocycles. The quantitative estimate of drug-likeness (QED) is 0.192. The van der Waals surface area contributed by atoms with Gasteiger partial charge in [0.25, 0.3) is 0 Å². The van der Waals surface area contributed by atoms with Gasteiger partial charge < -0.3 is 18.6 Å². The average Bonchev–Trinajstić information content (AvgIpc) is 3.68. The minimum atomic E-state index is 0.826. The first-order chi connectivity index (χ1) is 22.8. The molecule has 0 saturated heterocycles. The Balaban J connectivity index is 1.22. The summed E-state index contributed by atoms with van der Waals surface area (Å²) in [5.41, 5.74) is 9.71. The summed E-state index contributed by atoms with van der Waals surface area (Å²) >= 11 is 0. The third-order valence-corrected chi connectivity index (χ3v) is 8.62. The number of anilines is 6. The lowest BCUT2D eigenvalue weighted by atomic mass is 10.1. The first kappa shape index (κ1) is 26.2. The smallest absolute Gasteiger partial charge is 0.137 e. The van der Waals surface area contributed by atoms with E-state index in [1.54, 1.807) is 0 Å². The molecule has 0 unspecified atom stereocenters. The van der Waals surface area contributed by atoms with Gasteiger partial charge in [0.2, 0.25) is 0 Å². The summed E-state index contributed by atoms with van der Waals surface area (Å²) in [6.45, 7) is 0. The number of fused-ring (bicyclic) bond motifs is 6. The maximum atomic E-state index is 6.62. The Morgan fingerprint density at radius 2 is 0.783 bits per heavy atom. The first-order valence-corrected chi connectivity index (χ1v) is 15.4. The second kappa shape index (κ2) is 10.7. The number of benzene rings is 7. The van der Waals surface area contributed by atoms with Crippen LogP contribution < -0.4 is 9.80 Å². The van der Waals surface area contributed by atoms with Gasteiger partial charge in [0, 0.05) is 56.7 Å². The SMILES string of the molecule is c1ccc(N(c2ccc3c(c2)oc2ccccc23)c2ccc3c(c2)oc2cccc(N(c4ccccc4)c4ccccc4)c23)cc1. The van der Waals surface area contributed by atoms with Crippen LogP contribution in [0.2, 0.25) is 0 Å². The van der Waals surface area contributed by atoms with Crippen molar-refractivity contribution in [3.05, 3.63) is 170 Å². The number of rotatable bonds is 6. The van der Waals surface area contributed by atoms with Crippen LogP contribution in [-0.2, 0) is 0 Å². The molecular formula is C42H28N2O2. The predicted molar refractivity (Wildman–Crippen MR) is 190 cm³/mol. The zero-order chi connectivity index (χ0) is 30.5. The van der Waals surface area contributed by atoms with Gasteiger partial charge in [-0.2, -0.15) is 0 Å². The van der Waals surface area contributed by atoms with Crippen molar-refractivity contribution in [2.45, 2.75) is 0 Å². The lowest BCUT2D eigenvalue weighted by molar-refractivity contribution is 0.669. The highest BCUT2D eigenvalue weighted by molar-refractivity contribution is 6.14. The molecule has 0 fully saturated rings. The topological polar surface area (TPSA) is 32.8 Å². The van der Waals surface area contributed by atoms with Crippen molar-refractivity contribution in [2.24, 2.45) is 0 Å². The molecule has 0 saturated carbocycles. The molecule has 0 aliphatic rings. The van der Waals surface area contributed by atoms with Crippen LogP contribution in [0.5, 0.6) is 0 Å². The lowest BCUT2D eigenvalue weighted by Crippen LogP contribution is -2.10. The van der Waals surface area contributed by atoms with Crippen molar-refractivity contribution in [3.8, 4) is 0 Å². The fraction of sp³-hybridized carbons (Fsp3) is 0. The normalized spacial score (nSPS) is 11.5. The minimum Gasteiger partial charge on any atom is -0.456 e. The van der Waals surface area contributed by atoms with Crippen LogP contribution in [0.25, 0.3) is 43.9 Å². The van der Waals surface area contributed by atoms with Crippen molar-refractivity contribution >= 4 is 78.0 Å². The Bertz CT molecular complexity index is 2440. The zero-order valence-corrected chi connectivity index (χ0v) is 24.9. The van der Waals surface area contributed by atoms with Crippen LogP contribution in [0.4, 0.5) is 34.1 Å². The summed E-state index contributed by atoms with van der Waals surface area (Å²) < 4.78 is 12.9. The Morgan fingerprint density at radius 3 is 1.43 bits per heavy atom. The van der Waals surface area contributed by atoms with Gasteiger partial charge in [-0.25, -0.2) is 0 Å². The van der Waals surface area contributed by atoms with E-state index in [1.165, 1.54) is 0 Å². The van der Waals surface area contributed by atoms with E-state index in [-0.39, 0.29) is 0 Å². The van der Waals surface area contributed by atoms with E-state index >= 15 is 0 Å². The molecule has 9 aromatic rings. The molecule has 7 aromatic carbocycles. The largest absolute Gasteiger partial charge is 0.456 e. The number of hydrogen-bond donors (Lipinski definition) is 0. The van der Waals surface area contributed by atoms with Gasteiger partial charge >= 0.3 is 0 Å². The molecule has 4 nitrogen and oxygen atoms in total. The first-order valence-electron chi connectivity index (χ1n) is 15.4. The van der Waals surface area contributed by atoms with Gasteiger partial charge in [0.1, 0.15) is 22.3 Å². The van der Waals surface area contributed by atoms with Crippen LogP contribution in [0, 0.1) is 0 Å². The van der Waals surface area contributed by atoms with Gasteiger partial charge in [-0.15, -0.1) is 0 Å². The number of nitrogens with zero attached hydrogens (tertiary/aromatic N) is 2. The standard InChI is InChI=1S/C42H28N2O2/c1-4-13-29(14-5-1)43(32-23-25-35-34-19-10-11-21-38(34)45-40(35)27-32)33-24-26-36-41(28-33)46-39-22-12-20-37(42(36)39)44(30-15-6-2-7-16-30)31-17-8-3-9-18-31/h1-28H. The monoisotopic (exact) mass is 592 g/mol. The summed E-state index contributed by atoms with van der Waals surface area (Å²) in [5.74, 6) is 0. The van der Waals surface area contributed by atoms with Gasteiger partial charge in [-0.1, -0.05) is 78.9 Å². The van der Waals surface area contributed by atoms with E-state index < -0.39 is 0 Å². The Morgan fingerprint density at radius 1 is 0.304 bits per heavy atom. The fourth-order valence-electron chi connectivity index (χ4n) is 6.58. The van der Waals surface area contributed by atoms with Crippen molar-refractivity contribution in [1.29, 1.82) is 0 Å². The highest BCUT2D eigenvalue weighted by atomic mass is 16.3. The maximum absolute atomic E-state index is 6.62. The Hall–Kier alpha value is -6.26. The van der Waals surface area contributed by atoms with Crippen molar-refractivity contribution in [1.82, 2.24) is 0 Å². The molecule has 2 heterocycles. The van der Waals surface area contributed by atoms with Crippen LogP contribution in [-0.4, -0.2) is 0 Å². The third kappa shape index (κ3) is 4.31. The molecule has 2 aromatic heterocycles. The zero-order valence-electron chi connectivity index (χ0n) is 24.9. The van der Waals surface area contributed by atoms with Gasteiger partial charge in [-0.05, 0) is 78.9 Å². The number of furan rings is 2. The van der Waals surface area contributed by atoms with Crippen LogP contribution in [0.15, 0.2) is 179 Å². The second-order valence-corrected chi connectivity index (χ2v) is 11.4. The average molecular weight is 593 g/mol. The molecule has 0 atom stereocenters. The fourth-order valence-corrected chi connectivity index (χ4v) is 6.58. The molecule has 0 aliphatic heterocycles.